The fourth-order valence-corrected chi connectivity index (χ4v) is 2.99. The first-order valence-electron chi connectivity index (χ1n) is 7.47. The second-order valence-corrected chi connectivity index (χ2v) is 5.68. The van der Waals surface area contributed by atoms with Gasteiger partial charge in [-0.15, -0.1) is 0 Å². The SMILES string of the molecule is CCCn1c(N)c(NC2CCCC2CO)c(=O)n(C)c1=O. The molecule has 0 aromatic carbocycles. The molecule has 1 heterocycles. The normalized spacial score (nSPS) is 21.7. The van der Waals surface area contributed by atoms with Crippen LogP contribution >= 0.6 is 0 Å². The first-order chi connectivity index (χ1) is 10.0. The number of aliphatic hydroxyl groups is 1. The number of aromatic nitrogens is 2. The van der Waals surface area contributed by atoms with Gasteiger partial charge in [0, 0.05) is 32.2 Å². The van der Waals surface area contributed by atoms with Crippen molar-refractivity contribution in [2.75, 3.05) is 17.7 Å². The lowest BCUT2D eigenvalue weighted by atomic mass is 10.1. The van der Waals surface area contributed by atoms with Crippen LogP contribution in [0.1, 0.15) is 32.6 Å². The van der Waals surface area contributed by atoms with E-state index in [9.17, 15) is 14.7 Å². The first kappa shape index (κ1) is 15.6. The van der Waals surface area contributed by atoms with Crippen LogP contribution in [0.25, 0.3) is 0 Å². The minimum Gasteiger partial charge on any atom is -0.396 e. The Morgan fingerprint density at radius 3 is 2.71 bits per heavy atom. The maximum Gasteiger partial charge on any atom is 0.332 e. The van der Waals surface area contributed by atoms with Crippen LogP contribution in [-0.4, -0.2) is 26.9 Å². The maximum atomic E-state index is 12.3. The van der Waals surface area contributed by atoms with Crippen LogP contribution in [0, 0.1) is 5.92 Å². The van der Waals surface area contributed by atoms with Crippen LogP contribution in [-0.2, 0) is 13.6 Å². The summed E-state index contributed by atoms with van der Waals surface area (Å²) in [6.07, 6.45) is 3.59. The van der Waals surface area contributed by atoms with Gasteiger partial charge in [0.25, 0.3) is 5.56 Å². The molecule has 2 rings (SSSR count). The van der Waals surface area contributed by atoms with E-state index >= 15 is 0 Å². The van der Waals surface area contributed by atoms with Gasteiger partial charge in [-0.3, -0.25) is 13.9 Å². The molecule has 1 saturated carbocycles. The molecule has 0 spiro atoms. The number of anilines is 2. The van der Waals surface area contributed by atoms with Crippen LogP contribution in [0.2, 0.25) is 0 Å². The molecular formula is C14H24N4O3. The highest BCUT2D eigenvalue weighted by molar-refractivity contribution is 5.61. The summed E-state index contributed by atoms with van der Waals surface area (Å²) in [6.45, 7) is 2.51. The van der Waals surface area contributed by atoms with Gasteiger partial charge in [-0.05, 0) is 19.3 Å². The summed E-state index contributed by atoms with van der Waals surface area (Å²) in [4.78, 5) is 24.4. The molecule has 4 N–H and O–H groups in total. The standard InChI is InChI=1S/C14H24N4O3/c1-3-7-18-12(15)11(13(20)17(2)14(18)21)16-10-6-4-5-9(10)8-19/h9-10,16,19H,3-8,15H2,1-2H3. The topological polar surface area (TPSA) is 102 Å². The lowest BCUT2D eigenvalue weighted by Crippen LogP contribution is -2.42. The van der Waals surface area contributed by atoms with Gasteiger partial charge in [0.2, 0.25) is 0 Å². The number of rotatable bonds is 5. The van der Waals surface area contributed by atoms with E-state index in [2.05, 4.69) is 5.32 Å². The summed E-state index contributed by atoms with van der Waals surface area (Å²) < 4.78 is 2.50. The Morgan fingerprint density at radius 1 is 1.38 bits per heavy atom. The van der Waals surface area contributed by atoms with Crippen molar-refractivity contribution >= 4 is 11.5 Å². The van der Waals surface area contributed by atoms with Gasteiger partial charge in [0.1, 0.15) is 11.5 Å². The van der Waals surface area contributed by atoms with E-state index in [1.165, 1.54) is 11.6 Å². The first-order valence-corrected chi connectivity index (χ1v) is 7.47. The summed E-state index contributed by atoms with van der Waals surface area (Å²) in [5.74, 6) is 0.314. The van der Waals surface area contributed by atoms with E-state index in [0.717, 1.165) is 30.3 Å². The van der Waals surface area contributed by atoms with Crippen molar-refractivity contribution in [1.29, 1.82) is 0 Å². The number of nitrogens with two attached hydrogens (primary N) is 1. The predicted molar refractivity (Wildman–Crippen MR) is 82.5 cm³/mol. The van der Waals surface area contributed by atoms with Crippen LogP contribution in [0.15, 0.2) is 9.59 Å². The Labute approximate surface area is 123 Å². The molecule has 2 unspecified atom stereocenters. The van der Waals surface area contributed by atoms with E-state index < -0.39 is 11.2 Å². The summed E-state index contributed by atoms with van der Waals surface area (Å²) in [6, 6.07) is 0.0255. The van der Waals surface area contributed by atoms with Crippen LogP contribution < -0.4 is 22.3 Å². The van der Waals surface area contributed by atoms with E-state index in [1.807, 2.05) is 6.92 Å². The number of hydrogen-bond acceptors (Lipinski definition) is 5. The molecule has 0 radical (unpaired) electrons. The minimum absolute atomic E-state index is 0.0255. The highest BCUT2D eigenvalue weighted by atomic mass is 16.3. The average molecular weight is 296 g/mol. The molecule has 1 fully saturated rings. The van der Waals surface area contributed by atoms with Crippen molar-refractivity contribution in [3.8, 4) is 0 Å². The van der Waals surface area contributed by atoms with Crippen LogP contribution in [0.4, 0.5) is 11.5 Å². The van der Waals surface area contributed by atoms with E-state index in [1.54, 1.807) is 0 Å². The highest BCUT2D eigenvalue weighted by Crippen LogP contribution is 2.28. The van der Waals surface area contributed by atoms with E-state index in [-0.39, 0.29) is 30.1 Å². The summed E-state index contributed by atoms with van der Waals surface area (Å²) >= 11 is 0. The minimum atomic E-state index is -0.409. The average Bonchev–Trinajstić information content (AvgIpc) is 2.93. The quantitative estimate of drug-likeness (QED) is 0.716. The lowest BCUT2D eigenvalue weighted by Gasteiger charge is -2.22. The summed E-state index contributed by atoms with van der Waals surface area (Å²) in [5, 5.41) is 12.5. The molecule has 1 aliphatic carbocycles. The second-order valence-electron chi connectivity index (χ2n) is 5.68. The number of nitrogens with zero attached hydrogens (tertiary/aromatic N) is 2. The number of aliphatic hydroxyl groups excluding tert-OH is 1. The van der Waals surface area contributed by atoms with Gasteiger partial charge in [-0.1, -0.05) is 13.3 Å². The van der Waals surface area contributed by atoms with Crippen molar-refractivity contribution < 1.29 is 5.11 Å². The zero-order valence-electron chi connectivity index (χ0n) is 12.6. The van der Waals surface area contributed by atoms with Crippen molar-refractivity contribution in [2.45, 2.75) is 45.2 Å². The summed E-state index contributed by atoms with van der Waals surface area (Å²) in [5.41, 5.74) is 5.50. The van der Waals surface area contributed by atoms with Crippen molar-refractivity contribution in [3.63, 3.8) is 0 Å². The van der Waals surface area contributed by atoms with Gasteiger partial charge in [0.05, 0.1) is 0 Å². The van der Waals surface area contributed by atoms with Gasteiger partial charge in [0.15, 0.2) is 0 Å². The molecule has 0 bridgehead atoms. The molecule has 0 amide bonds. The second kappa shape index (κ2) is 6.34. The van der Waals surface area contributed by atoms with Crippen molar-refractivity contribution in [1.82, 2.24) is 9.13 Å². The molecule has 0 aliphatic heterocycles. The molecule has 1 aromatic heterocycles. The molecule has 0 saturated heterocycles. The molecule has 21 heavy (non-hydrogen) atoms. The Kier molecular flexibility index (Phi) is 4.72. The lowest BCUT2D eigenvalue weighted by molar-refractivity contribution is 0.222. The Hall–Kier alpha value is -1.76. The molecule has 118 valence electrons. The molecule has 1 aromatic rings. The summed E-state index contributed by atoms with van der Waals surface area (Å²) in [7, 11) is 1.46. The van der Waals surface area contributed by atoms with Crippen LogP contribution in [0.5, 0.6) is 0 Å². The van der Waals surface area contributed by atoms with Gasteiger partial charge >= 0.3 is 5.69 Å². The van der Waals surface area contributed by atoms with E-state index in [4.69, 9.17) is 5.73 Å². The Morgan fingerprint density at radius 2 is 2.10 bits per heavy atom. The fourth-order valence-electron chi connectivity index (χ4n) is 2.99. The van der Waals surface area contributed by atoms with Crippen molar-refractivity contribution in [2.24, 2.45) is 13.0 Å². The fraction of sp³-hybridized carbons (Fsp3) is 0.714. The third-order valence-electron chi connectivity index (χ3n) is 4.25. The number of hydrogen-bond donors (Lipinski definition) is 3. The molecular weight excluding hydrogens is 272 g/mol. The van der Waals surface area contributed by atoms with Gasteiger partial charge in [-0.25, -0.2) is 4.79 Å². The molecule has 2 atom stereocenters. The third kappa shape index (κ3) is 2.83. The monoisotopic (exact) mass is 296 g/mol. The third-order valence-corrected chi connectivity index (χ3v) is 4.25. The zero-order valence-corrected chi connectivity index (χ0v) is 12.6. The highest BCUT2D eigenvalue weighted by Gasteiger charge is 2.28. The molecule has 7 nitrogen and oxygen atoms in total. The predicted octanol–water partition coefficient (Wildman–Crippen LogP) is 0.112. The Balaban J connectivity index is 2.43. The maximum absolute atomic E-state index is 12.3. The van der Waals surface area contributed by atoms with Crippen molar-refractivity contribution in [3.05, 3.63) is 20.8 Å². The molecule has 1 aliphatic rings. The Bertz CT molecular complexity index is 620. The van der Waals surface area contributed by atoms with Gasteiger partial charge < -0.3 is 16.2 Å². The zero-order chi connectivity index (χ0) is 15.6. The number of nitrogens with one attached hydrogen (secondary N) is 1. The van der Waals surface area contributed by atoms with Gasteiger partial charge in [-0.2, -0.15) is 0 Å². The molecule has 7 heteroatoms. The van der Waals surface area contributed by atoms with Crippen LogP contribution in [0.3, 0.4) is 0 Å². The van der Waals surface area contributed by atoms with E-state index in [0.29, 0.717) is 6.54 Å². The largest absolute Gasteiger partial charge is 0.396 e. The number of nitrogen functional groups attached to an aromatic ring is 1. The smallest absolute Gasteiger partial charge is 0.332 e.